The fourth-order valence-electron chi connectivity index (χ4n) is 2.67. The van der Waals surface area contributed by atoms with Crippen molar-refractivity contribution in [2.24, 2.45) is 0 Å². The highest BCUT2D eigenvalue weighted by atomic mass is 32.1. The molecule has 0 aliphatic carbocycles. The van der Waals surface area contributed by atoms with E-state index in [1.165, 1.54) is 30.6 Å². The van der Waals surface area contributed by atoms with Crippen LogP contribution in [0.1, 0.15) is 11.3 Å². The average Bonchev–Trinajstić information content (AvgIpc) is 3.17. The molecule has 0 fully saturated rings. The zero-order valence-electron chi connectivity index (χ0n) is 16.3. The number of rotatable bonds is 8. The Hall–Kier alpha value is -2.98. The highest BCUT2D eigenvalue weighted by Gasteiger charge is 2.31. The molecule has 0 bridgehead atoms. The lowest BCUT2D eigenvalue weighted by Gasteiger charge is -2.15. The standard InChI is InChI=1S/C21H18F4N2O3S/c1-29-7-8-30-18-6-5-14(21(23,24)25)10-17(18)27-19(28)11-16-12-31-20(26-16)13-3-2-4-15(22)9-13/h2-6,9-10,12H,7-8,11H2,1H3,(H,27,28). The van der Waals surface area contributed by atoms with Gasteiger partial charge < -0.3 is 14.8 Å². The quantitative estimate of drug-likeness (QED) is 0.377. The Balaban J connectivity index is 1.74. The van der Waals surface area contributed by atoms with E-state index in [1.54, 1.807) is 17.5 Å². The lowest BCUT2D eigenvalue weighted by Crippen LogP contribution is -2.17. The van der Waals surface area contributed by atoms with Crippen molar-refractivity contribution in [3.63, 3.8) is 0 Å². The summed E-state index contributed by atoms with van der Waals surface area (Å²) < 4.78 is 62.9. The van der Waals surface area contributed by atoms with Crippen molar-refractivity contribution in [1.29, 1.82) is 0 Å². The van der Waals surface area contributed by atoms with Gasteiger partial charge in [0.15, 0.2) is 0 Å². The van der Waals surface area contributed by atoms with Gasteiger partial charge in [0.1, 0.15) is 23.2 Å². The molecule has 31 heavy (non-hydrogen) atoms. The molecular weight excluding hydrogens is 436 g/mol. The summed E-state index contributed by atoms with van der Waals surface area (Å²) in [6, 6.07) is 8.73. The van der Waals surface area contributed by atoms with Crippen molar-refractivity contribution in [2.45, 2.75) is 12.6 Å². The van der Waals surface area contributed by atoms with E-state index in [1.807, 2.05) is 0 Å². The summed E-state index contributed by atoms with van der Waals surface area (Å²) in [5.41, 5.74) is -0.0283. The van der Waals surface area contributed by atoms with Crippen LogP contribution in [0, 0.1) is 5.82 Å². The van der Waals surface area contributed by atoms with Gasteiger partial charge in [0.25, 0.3) is 0 Å². The molecule has 3 aromatic rings. The average molecular weight is 454 g/mol. The van der Waals surface area contributed by atoms with Gasteiger partial charge in [-0.15, -0.1) is 11.3 Å². The number of ether oxygens (including phenoxy) is 2. The van der Waals surface area contributed by atoms with Crippen LogP contribution in [-0.2, 0) is 22.1 Å². The molecule has 0 radical (unpaired) electrons. The summed E-state index contributed by atoms with van der Waals surface area (Å²) in [5, 5.41) is 4.63. The monoisotopic (exact) mass is 454 g/mol. The second-order valence-electron chi connectivity index (χ2n) is 6.43. The number of alkyl halides is 3. The van der Waals surface area contributed by atoms with E-state index < -0.39 is 23.5 Å². The first kappa shape index (κ1) is 22.7. The molecule has 1 amide bonds. The fourth-order valence-corrected chi connectivity index (χ4v) is 3.48. The second-order valence-corrected chi connectivity index (χ2v) is 7.29. The molecule has 0 unspecified atom stereocenters. The summed E-state index contributed by atoms with van der Waals surface area (Å²) in [4.78, 5) is 16.8. The number of carbonyl (C=O) groups excluding carboxylic acids is 1. The molecule has 5 nitrogen and oxygen atoms in total. The molecule has 10 heteroatoms. The first-order valence-corrected chi connectivity index (χ1v) is 9.97. The van der Waals surface area contributed by atoms with E-state index in [9.17, 15) is 22.4 Å². The number of benzene rings is 2. The number of aromatic nitrogens is 1. The van der Waals surface area contributed by atoms with Crippen molar-refractivity contribution >= 4 is 22.9 Å². The number of hydrogen-bond acceptors (Lipinski definition) is 5. The Morgan fingerprint density at radius 2 is 1.97 bits per heavy atom. The number of methoxy groups -OCH3 is 1. The van der Waals surface area contributed by atoms with E-state index in [0.29, 0.717) is 16.3 Å². The topological polar surface area (TPSA) is 60.5 Å². The summed E-state index contributed by atoms with van der Waals surface area (Å²) in [5.74, 6) is -0.873. The Bertz CT molecular complexity index is 1050. The van der Waals surface area contributed by atoms with Crippen molar-refractivity contribution in [3.05, 3.63) is 64.9 Å². The van der Waals surface area contributed by atoms with Gasteiger partial charge in [0.2, 0.25) is 5.91 Å². The van der Waals surface area contributed by atoms with Gasteiger partial charge in [-0.1, -0.05) is 12.1 Å². The van der Waals surface area contributed by atoms with E-state index in [-0.39, 0.29) is 31.1 Å². The zero-order chi connectivity index (χ0) is 22.4. The maximum absolute atomic E-state index is 13.4. The number of thiazole rings is 1. The van der Waals surface area contributed by atoms with Crippen molar-refractivity contribution in [1.82, 2.24) is 4.98 Å². The Labute approximate surface area is 179 Å². The second kappa shape index (κ2) is 9.88. The summed E-state index contributed by atoms with van der Waals surface area (Å²) >= 11 is 1.24. The molecule has 1 N–H and O–H groups in total. The molecule has 0 atom stereocenters. The first-order chi connectivity index (χ1) is 14.8. The third-order valence-corrected chi connectivity index (χ3v) is 5.03. The molecule has 164 valence electrons. The summed E-state index contributed by atoms with van der Waals surface area (Å²) in [6.45, 7) is 0.337. The molecule has 0 saturated heterocycles. The zero-order valence-corrected chi connectivity index (χ0v) is 17.1. The number of carbonyl (C=O) groups is 1. The molecule has 2 aromatic carbocycles. The lowest BCUT2D eigenvalue weighted by molar-refractivity contribution is -0.137. The summed E-state index contributed by atoms with van der Waals surface area (Å²) in [7, 11) is 1.46. The molecule has 3 rings (SSSR count). The number of amides is 1. The number of hydrogen-bond donors (Lipinski definition) is 1. The Morgan fingerprint density at radius 3 is 2.68 bits per heavy atom. The van der Waals surface area contributed by atoms with Crippen LogP contribution in [0.15, 0.2) is 47.8 Å². The third kappa shape index (κ3) is 6.25. The van der Waals surface area contributed by atoms with E-state index in [0.717, 1.165) is 18.2 Å². The first-order valence-electron chi connectivity index (χ1n) is 9.09. The predicted octanol–water partition coefficient (Wildman–Crippen LogP) is 5.17. The van der Waals surface area contributed by atoms with Crippen LogP contribution >= 0.6 is 11.3 Å². The molecule has 1 heterocycles. The SMILES string of the molecule is COCCOc1ccc(C(F)(F)F)cc1NC(=O)Cc1csc(-c2cccc(F)c2)n1. The van der Waals surface area contributed by atoms with Crippen LogP contribution in [0.4, 0.5) is 23.2 Å². The number of nitrogens with one attached hydrogen (secondary N) is 1. The van der Waals surface area contributed by atoms with Gasteiger partial charge in [-0.05, 0) is 30.3 Å². The maximum atomic E-state index is 13.4. The molecule has 0 saturated carbocycles. The van der Waals surface area contributed by atoms with Gasteiger partial charge >= 0.3 is 6.18 Å². The van der Waals surface area contributed by atoms with Crippen LogP contribution < -0.4 is 10.1 Å². The van der Waals surface area contributed by atoms with E-state index >= 15 is 0 Å². The van der Waals surface area contributed by atoms with E-state index in [4.69, 9.17) is 9.47 Å². The Morgan fingerprint density at radius 1 is 1.16 bits per heavy atom. The van der Waals surface area contributed by atoms with Crippen LogP contribution in [0.3, 0.4) is 0 Å². The van der Waals surface area contributed by atoms with Gasteiger partial charge in [0, 0.05) is 18.1 Å². The minimum atomic E-state index is -4.57. The van der Waals surface area contributed by atoms with Gasteiger partial charge in [-0.2, -0.15) is 13.2 Å². The fraction of sp³-hybridized carbons (Fsp3) is 0.238. The lowest BCUT2D eigenvalue weighted by atomic mass is 10.1. The molecule has 0 spiro atoms. The van der Waals surface area contributed by atoms with Crippen molar-refractivity contribution in [2.75, 3.05) is 25.6 Å². The highest BCUT2D eigenvalue weighted by molar-refractivity contribution is 7.13. The summed E-state index contributed by atoms with van der Waals surface area (Å²) in [6.07, 6.45) is -4.74. The molecule has 1 aromatic heterocycles. The van der Waals surface area contributed by atoms with Gasteiger partial charge in [0.05, 0.1) is 30.0 Å². The van der Waals surface area contributed by atoms with E-state index in [2.05, 4.69) is 10.3 Å². The number of halogens is 4. The normalized spacial score (nSPS) is 11.4. The van der Waals surface area contributed by atoms with Crippen LogP contribution in [0.5, 0.6) is 5.75 Å². The van der Waals surface area contributed by atoms with Crippen LogP contribution in [0.2, 0.25) is 0 Å². The number of anilines is 1. The number of nitrogens with zero attached hydrogens (tertiary/aromatic N) is 1. The van der Waals surface area contributed by atoms with Crippen molar-refractivity contribution < 1.29 is 31.8 Å². The molecular formula is C21H18F4N2O3S. The minimum Gasteiger partial charge on any atom is -0.489 e. The third-order valence-electron chi connectivity index (χ3n) is 4.09. The van der Waals surface area contributed by atoms with Gasteiger partial charge in [-0.25, -0.2) is 9.37 Å². The smallest absolute Gasteiger partial charge is 0.416 e. The van der Waals surface area contributed by atoms with Crippen molar-refractivity contribution in [3.8, 4) is 16.3 Å². The maximum Gasteiger partial charge on any atom is 0.416 e. The molecule has 0 aliphatic rings. The molecule has 0 aliphatic heterocycles. The van der Waals surface area contributed by atoms with Gasteiger partial charge in [-0.3, -0.25) is 4.79 Å². The Kier molecular flexibility index (Phi) is 7.24. The van der Waals surface area contributed by atoms with Crippen LogP contribution in [-0.4, -0.2) is 31.2 Å². The minimum absolute atomic E-state index is 0.0946. The largest absolute Gasteiger partial charge is 0.489 e. The van der Waals surface area contributed by atoms with Crippen LogP contribution in [0.25, 0.3) is 10.6 Å². The predicted molar refractivity (Wildman–Crippen MR) is 109 cm³/mol. The highest BCUT2D eigenvalue weighted by Crippen LogP contribution is 2.35.